The molecule has 0 spiro atoms. The Balaban J connectivity index is 4.14. The van der Waals surface area contributed by atoms with Crippen LogP contribution < -0.4 is 5.32 Å². The van der Waals surface area contributed by atoms with Crippen molar-refractivity contribution in [3.63, 3.8) is 0 Å². The smallest absolute Gasteiger partial charge is 0.317 e. The number of rotatable bonds is 9. The van der Waals surface area contributed by atoms with E-state index in [-0.39, 0.29) is 19.0 Å². The Morgan fingerprint density at radius 2 is 2.00 bits per heavy atom. The quantitative estimate of drug-likeness (QED) is 0.501. The minimum Gasteiger partial charge on any atom is -0.481 e. The normalized spacial score (nSPS) is 10.9. The highest BCUT2D eigenvalue weighted by atomic mass is 16.5. The van der Waals surface area contributed by atoms with Gasteiger partial charge in [-0.15, -0.1) is 6.58 Å². The van der Waals surface area contributed by atoms with Gasteiger partial charge in [0.1, 0.15) is 0 Å². The molecule has 0 aliphatic rings. The molecule has 0 aliphatic heterocycles. The molecule has 0 saturated heterocycles. The van der Waals surface area contributed by atoms with Gasteiger partial charge in [0.25, 0.3) is 0 Å². The number of urea groups is 1. The number of ether oxygens (including phenoxy) is 1. The van der Waals surface area contributed by atoms with E-state index in [0.717, 1.165) is 6.42 Å². The van der Waals surface area contributed by atoms with Crippen molar-refractivity contribution in [2.45, 2.75) is 39.2 Å². The Morgan fingerprint density at radius 3 is 2.50 bits per heavy atom. The second-order valence-corrected chi connectivity index (χ2v) is 5.39. The maximum Gasteiger partial charge on any atom is 0.317 e. The summed E-state index contributed by atoms with van der Waals surface area (Å²) in [5.74, 6) is -0.917. The van der Waals surface area contributed by atoms with Gasteiger partial charge in [-0.05, 0) is 27.2 Å². The van der Waals surface area contributed by atoms with E-state index < -0.39 is 11.5 Å². The van der Waals surface area contributed by atoms with Crippen LogP contribution in [0, 0.1) is 0 Å². The summed E-state index contributed by atoms with van der Waals surface area (Å²) in [5.41, 5.74) is -0.427. The number of amides is 2. The lowest BCUT2D eigenvalue weighted by Gasteiger charge is -2.35. The Labute approximate surface area is 120 Å². The molecule has 0 heterocycles. The van der Waals surface area contributed by atoms with Crippen molar-refractivity contribution in [2.75, 3.05) is 26.3 Å². The Bertz CT molecular complexity index is 324. The fourth-order valence-electron chi connectivity index (χ4n) is 1.54. The van der Waals surface area contributed by atoms with Gasteiger partial charge in [0.05, 0.1) is 19.6 Å². The Morgan fingerprint density at radius 1 is 1.35 bits per heavy atom. The zero-order valence-corrected chi connectivity index (χ0v) is 12.6. The Hall–Kier alpha value is -1.56. The molecule has 0 aromatic rings. The molecule has 2 N–H and O–H groups in total. The molecule has 6 heteroatoms. The van der Waals surface area contributed by atoms with E-state index in [2.05, 4.69) is 11.9 Å². The fraction of sp³-hybridized carbons (Fsp3) is 0.714. The van der Waals surface area contributed by atoms with Gasteiger partial charge in [0.2, 0.25) is 0 Å². The molecule has 0 unspecified atom stereocenters. The first-order chi connectivity index (χ1) is 9.29. The van der Waals surface area contributed by atoms with Gasteiger partial charge >= 0.3 is 12.0 Å². The molecule has 0 saturated carbocycles. The van der Waals surface area contributed by atoms with Crippen LogP contribution in [0.1, 0.15) is 33.6 Å². The van der Waals surface area contributed by atoms with Crippen molar-refractivity contribution < 1.29 is 19.4 Å². The molecule has 0 fully saturated rings. The first-order valence-corrected chi connectivity index (χ1v) is 6.75. The van der Waals surface area contributed by atoms with Crippen molar-refractivity contribution in [1.29, 1.82) is 0 Å². The van der Waals surface area contributed by atoms with Gasteiger partial charge in [-0.3, -0.25) is 4.79 Å². The summed E-state index contributed by atoms with van der Waals surface area (Å²) in [6, 6.07) is -0.272. The molecule has 0 rings (SSSR count). The maximum atomic E-state index is 12.0. The minimum atomic E-state index is -0.917. The first-order valence-electron chi connectivity index (χ1n) is 6.75. The zero-order valence-electron chi connectivity index (χ0n) is 12.6. The largest absolute Gasteiger partial charge is 0.481 e. The van der Waals surface area contributed by atoms with Gasteiger partial charge in [-0.2, -0.15) is 0 Å². The van der Waals surface area contributed by atoms with Crippen molar-refractivity contribution in [1.82, 2.24) is 10.2 Å². The topological polar surface area (TPSA) is 78.9 Å². The third kappa shape index (κ3) is 8.53. The SMILES string of the molecule is C=CCCOCCNC(=O)N(CCC(=O)O)C(C)(C)C. The number of carboxylic acid groups (broad SMARTS) is 1. The van der Waals surface area contributed by atoms with Gasteiger partial charge in [0.15, 0.2) is 0 Å². The second-order valence-electron chi connectivity index (χ2n) is 5.39. The van der Waals surface area contributed by atoms with Crippen LogP contribution in [0.3, 0.4) is 0 Å². The lowest BCUT2D eigenvalue weighted by Crippen LogP contribution is -2.51. The van der Waals surface area contributed by atoms with Crippen molar-refractivity contribution in [3.8, 4) is 0 Å². The van der Waals surface area contributed by atoms with Crippen LogP contribution in [-0.2, 0) is 9.53 Å². The Kier molecular flexibility index (Phi) is 8.63. The average molecular weight is 286 g/mol. The van der Waals surface area contributed by atoms with Crippen LogP contribution in [0.25, 0.3) is 0 Å². The van der Waals surface area contributed by atoms with Crippen molar-refractivity contribution in [3.05, 3.63) is 12.7 Å². The van der Waals surface area contributed by atoms with Crippen LogP contribution in [0.15, 0.2) is 12.7 Å². The summed E-state index contributed by atoms with van der Waals surface area (Å²) < 4.78 is 5.29. The van der Waals surface area contributed by atoms with Crippen LogP contribution in [0.5, 0.6) is 0 Å². The lowest BCUT2D eigenvalue weighted by molar-refractivity contribution is -0.137. The number of aliphatic carboxylic acids is 1. The molecule has 0 aromatic heterocycles. The summed E-state index contributed by atoms with van der Waals surface area (Å²) in [6.45, 7) is 10.8. The van der Waals surface area contributed by atoms with Gasteiger partial charge in [-0.25, -0.2) is 4.79 Å². The van der Waals surface area contributed by atoms with E-state index >= 15 is 0 Å². The zero-order chi connectivity index (χ0) is 15.6. The third-order valence-electron chi connectivity index (χ3n) is 2.59. The third-order valence-corrected chi connectivity index (χ3v) is 2.59. The molecule has 20 heavy (non-hydrogen) atoms. The molecule has 0 radical (unpaired) electrons. The average Bonchev–Trinajstić information content (AvgIpc) is 2.31. The molecule has 0 bridgehead atoms. The van der Waals surface area contributed by atoms with Crippen molar-refractivity contribution in [2.24, 2.45) is 0 Å². The van der Waals surface area contributed by atoms with Crippen LogP contribution in [0.2, 0.25) is 0 Å². The number of carboxylic acids is 1. The standard InChI is InChI=1S/C14H26N2O4/c1-5-6-10-20-11-8-15-13(19)16(14(2,3)4)9-7-12(17)18/h5H,1,6-11H2,2-4H3,(H,15,19)(H,17,18). The summed E-state index contributed by atoms with van der Waals surface area (Å²) in [5, 5.41) is 11.5. The highest BCUT2D eigenvalue weighted by Crippen LogP contribution is 2.13. The van der Waals surface area contributed by atoms with Crippen LogP contribution in [-0.4, -0.2) is 53.8 Å². The number of carbonyl (C=O) groups excluding carboxylic acids is 1. The highest BCUT2D eigenvalue weighted by Gasteiger charge is 2.26. The van der Waals surface area contributed by atoms with E-state index in [1.165, 1.54) is 4.90 Å². The summed E-state index contributed by atoms with van der Waals surface area (Å²) in [7, 11) is 0. The van der Waals surface area contributed by atoms with E-state index in [9.17, 15) is 9.59 Å². The number of hydrogen-bond acceptors (Lipinski definition) is 3. The molecule has 6 nitrogen and oxygen atoms in total. The van der Waals surface area contributed by atoms with Crippen LogP contribution in [0.4, 0.5) is 4.79 Å². The number of nitrogens with one attached hydrogen (secondary N) is 1. The summed E-state index contributed by atoms with van der Waals surface area (Å²) in [6.07, 6.45) is 2.48. The molecule has 0 aromatic carbocycles. The van der Waals surface area contributed by atoms with E-state index in [1.54, 1.807) is 6.08 Å². The first kappa shape index (κ1) is 18.4. The molecule has 116 valence electrons. The predicted octanol–water partition coefficient (Wildman–Crippen LogP) is 1.86. The molecule has 0 atom stereocenters. The van der Waals surface area contributed by atoms with Crippen LogP contribution >= 0.6 is 0 Å². The van der Waals surface area contributed by atoms with Gasteiger partial charge in [0, 0.05) is 18.6 Å². The van der Waals surface area contributed by atoms with E-state index in [1.807, 2.05) is 20.8 Å². The molecular weight excluding hydrogens is 260 g/mol. The van der Waals surface area contributed by atoms with Crippen molar-refractivity contribution >= 4 is 12.0 Å². The fourth-order valence-corrected chi connectivity index (χ4v) is 1.54. The van der Waals surface area contributed by atoms with E-state index in [4.69, 9.17) is 9.84 Å². The minimum absolute atomic E-state index is 0.0689. The monoisotopic (exact) mass is 286 g/mol. The maximum absolute atomic E-state index is 12.0. The van der Waals surface area contributed by atoms with Gasteiger partial charge < -0.3 is 20.1 Å². The van der Waals surface area contributed by atoms with Gasteiger partial charge in [-0.1, -0.05) is 6.08 Å². The number of nitrogens with zero attached hydrogens (tertiary/aromatic N) is 1. The highest BCUT2D eigenvalue weighted by molar-refractivity contribution is 5.76. The number of hydrogen-bond donors (Lipinski definition) is 2. The molecule has 2 amide bonds. The molecule has 0 aliphatic carbocycles. The summed E-state index contributed by atoms with van der Waals surface area (Å²) >= 11 is 0. The predicted molar refractivity (Wildman–Crippen MR) is 77.7 cm³/mol. The number of carbonyl (C=O) groups is 2. The lowest BCUT2D eigenvalue weighted by atomic mass is 10.1. The second kappa shape index (κ2) is 9.36. The molecular formula is C14H26N2O4. The summed E-state index contributed by atoms with van der Waals surface area (Å²) in [4.78, 5) is 24.2. The van der Waals surface area contributed by atoms with E-state index in [0.29, 0.717) is 19.8 Å².